The topological polar surface area (TPSA) is 92.8 Å². The van der Waals surface area contributed by atoms with Gasteiger partial charge < -0.3 is 4.90 Å². The minimum atomic E-state index is -3.52. The van der Waals surface area contributed by atoms with Gasteiger partial charge >= 0.3 is 0 Å². The van der Waals surface area contributed by atoms with Crippen molar-refractivity contribution < 1.29 is 31.0 Å². The van der Waals surface area contributed by atoms with E-state index in [1.54, 1.807) is 4.90 Å². The molecule has 0 aromatic heterocycles. The second-order valence-corrected chi connectivity index (χ2v) is 8.23. The summed E-state index contributed by atoms with van der Waals surface area (Å²) >= 11 is 0. The smallest absolute Gasteiger partial charge is 0.264 e. The fraction of sp³-hybridized carbons (Fsp3) is 0.500. The van der Waals surface area contributed by atoms with Gasteiger partial charge in [-0.3, -0.25) is 19.1 Å². The van der Waals surface area contributed by atoms with Crippen LogP contribution in [0.4, 0.5) is 14.5 Å². The number of nitrogens with one attached hydrogen (secondary N) is 1. The molecule has 0 spiro atoms. The molecule has 10 heteroatoms. The van der Waals surface area contributed by atoms with Gasteiger partial charge in [-0.1, -0.05) is 0 Å². The predicted octanol–water partition coefficient (Wildman–Crippen LogP) is 0.897. The zero-order valence-electron chi connectivity index (χ0n) is 14.0. The molecule has 1 N–H and O–H groups in total. The highest BCUT2D eigenvalue weighted by atomic mass is 32.2. The highest BCUT2D eigenvalue weighted by molar-refractivity contribution is 7.85. The summed E-state index contributed by atoms with van der Waals surface area (Å²) in [6.07, 6.45) is 1.06. The molecule has 2 saturated heterocycles. The third-order valence-corrected chi connectivity index (χ3v) is 5.06. The molecule has 1 aromatic carbocycles. The van der Waals surface area contributed by atoms with Crippen LogP contribution in [0, 0.1) is 17.6 Å². The van der Waals surface area contributed by atoms with Crippen LogP contribution in [0.2, 0.25) is 0 Å². The number of benzene rings is 1. The Hall–Kier alpha value is -2.07. The van der Waals surface area contributed by atoms with Crippen molar-refractivity contribution in [3.8, 4) is 0 Å². The van der Waals surface area contributed by atoms with Crippen LogP contribution in [-0.2, 0) is 23.9 Å². The number of carbonyl (C=O) groups excluding carboxylic acids is 2. The summed E-state index contributed by atoms with van der Waals surface area (Å²) in [6.45, 7) is 0.840. The van der Waals surface area contributed by atoms with Gasteiger partial charge in [-0.25, -0.2) is 8.78 Å². The summed E-state index contributed by atoms with van der Waals surface area (Å²) in [6, 6.07) is 2.30. The van der Waals surface area contributed by atoms with E-state index in [-0.39, 0.29) is 30.9 Å². The lowest BCUT2D eigenvalue weighted by molar-refractivity contribution is -0.134. The maximum atomic E-state index is 14.5. The normalized spacial score (nSPS) is 21.5. The van der Waals surface area contributed by atoms with Gasteiger partial charge in [0.25, 0.3) is 10.1 Å². The SMILES string of the molecule is CS(=O)(=O)OCC1CN(c2cc(F)c(C3CCC(=O)NC3=O)c(F)c2)C1. The van der Waals surface area contributed by atoms with Gasteiger partial charge in [-0.15, -0.1) is 0 Å². The highest BCUT2D eigenvalue weighted by Crippen LogP contribution is 2.34. The number of rotatable bonds is 5. The lowest BCUT2D eigenvalue weighted by atomic mass is 9.89. The first-order valence-corrected chi connectivity index (χ1v) is 9.87. The minimum Gasteiger partial charge on any atom is -0.370 e. The number of anilines is 1. The van der Waals surface area contributed by atoms with Crippen LogP contribution >= 0.6 is 0 Å². The number of carbonyl (C=O) groups is 2. The van der Waals surface area contributed by atoms with E-state index >= 15 is 0 Å². The molecule has 7 nitrogen and oxygen atoms in total. The molecular formula is C16H18F2N2O5S. The molecule has 0 saturated carbocycles. The van der Waals surface area contributed by atoms with Crippen molar-refractivity contribution >= 4 is 27.6 Å². The van der Waals surface area contributed by atoms with Crippen molar-refractivity contribution in [3.05, 3.63) is 29.3 Å². The Kier molecular flexibility index (Phi) is 4.98. The molecule has 1 unspecified atom stereocenters. The summed E-state index contributed by atoms with van der Waals surface area (Å²) in [7, 11) is -3.52. The van der Waals surface area contributed by atoms with Crippen LogP contribution in [-0.4, -0.2) is 46.2 Å². The van der Waals surface area contributed by atoms with Crippen LogP contribution in [0.15, 0.2) is 12.1 Å². The number of hydrogen-bond donors (Lipinski definition) is 1. The Bertz CT molecular complexity index is 829. The number of imide groups is 1. The van der Waals surface area contributed by atoms with Gasteiger partial charge in [-0.2, -0.15) is 8.42 Å². The number of nitrogens with zero attached hydrogens (tertiary/aromatic N) is 1. The molecule has 2 heterocycles. The molecule has 142 valence electrons. The van der Waals surface area contributed by atoms with Gasteiger partial charge in [-0.05, 0) is 18.6 Å². The first kappa shape index (κ1) is 18.7. The van der Waals surface area contributed by atoms with Gasteiger partial charge in [0.15, 0.2) is 0 Å². The molecule has 3 rings (SSSR count). The van der Waals surface area contributed by atoms with Gasteiger partial charge in [0, 0.05) is 36.7 Å². The van der Waals surface area contributed by atoms with Crippen LogP contribution in [0.5, 0.6) is 0 Å². The molecule has 2 aliphatic rings. The Balaban J connectivity index is 1.69. The summed E-state index contributed by atoms with van der Waals surface area (Å²) in [5.41, 5.74) is -0.0251. The van der Waals surface area contributed by atoms with Gasteiger partial charge in [0.05, 0.1) is 18.8 Å². The van der Waals surface area contributed by atoms with E-state index in [1.165, 1.54) is 0 Å². The van der Waals surface area contributed by atoms with Crippen molar-refractivity contribution in [2.45, 2.75) is 18.8 Å². The van der Waals surface area contributed by atoms with E-state index < -0.39 is 39.5 Å². The number of amides is 2. The molecule has 1 aromatic rings. The van der Waals surface area contributed by atoms with E-state index in [0.29, 0.717) is 18.8 Å². The van der Waals surface area contributed by atoms with Gasteiger partial charge in [0.2, 0.25) is 11.8 Å². The minimum absolute atomic E-state index is 0.0225. The van der Waals surface area contributed by atoms with Crippen LogP contribution in [0.3, 0.4) is 0 Å². The molecular weight excluding hydrogens is 370 g/mol. The van der Waals surface area contributed by atoms with Crippen molar-refractivity contribution in [3.63, 3.8) is 0 Å². The molecule has 2 aliphatic heterocycles. The van der Waals surface area contributed by atoms with Crippen LogP contribution < -0.4 is 10.2 Å². The number of halogens is 2. The largest absolute Gasteiger partial charge is 0.370 e. The van der Waals surface area contributed by atoms with E-state index in [0.717, 1.165) is 18.4 Å². The second kappa shape index (κ2) is 6.92. The summed E-state index contributed by atoms with van der Waals surface area (Å²) in [5, 5.41) is 2.09. The number of hydrogen-bond acceptors (Lipinski definition) is 6. The molecule has 0 radical (unpaired) electrons. The molecule has 26 heavy (non-hydrogen) atoms. The Morgan fingerprint density at radius 2 is 1.85 bits per heavy atom. The van der Waals surface area contributed by atoms with Crippen LogP contribution in [0.25, 0.3) is 0 Å². The first-order valence-electron chi connectivity index (χ1n) is 8.06. The van der Waals surface area contributed by atoms with E-state index in [1.807, 2.05) is 0 Å². The Labute approximate surface area is 149 Å². The highest BCUT2D eigenvalue weighted by Gasteiger charge is 2.34. The molecule has 2 amide bonds. The lowest BCUT2D eigenvalue weighted by Gasteiger charge is -2.40. The molecule has 0 aliphatic carbocycles. The zero-order valence-corrected chi connectivity index (χ0v) is 14.8. The Morgan fingerprint density at radius 1 is 1.23 bits per heavy atom. The lowest BCUT2D eigenvalue weighted by Crippen LogP contribution is -2.49. The summed E-state index contributed by atoms with van der Waals surface area (Å²) < 4.78 is 55.5. The maximum Gasteiger partial charge on any atom is 0.264 e. The van der Waals surface area contributed by atoms with Crippen molar-refractivity contribution in [2.75, 3.05) is 30.9 Å². The van der Waals surface area contributed by atoms with Crippen molar-refractivity contribution in [2.24, 2.45) is 5.92 Å². The quantitative estimate of drug-likeness (QED) is 0.595. The van der Waals surface area contributed by atoms with Crippen molar-refractivity contribution in [1.29, 1.82) is 0 Å². The standard InChI is InChI=1S/C16H18F2N2O5S/c1-26(23,24)25-8-9-6-20(7-9)10-4-12(17)15(13(18)5-10)11-2-3-14(21)19-16(11)22/h4-5,9,11H,2-3,6-8H2,1H3,(H,19,21,22). The predicted molar refractivity (Wildman–Crippen MR) is 88.0 cm³/mol. The van der Waals surface area contributed by atoms with Gasteiger partial charge in [0.1, 0.15) is 11.6 Å². The second-order valence-electron chi connectivity index (χ2n) is 6.59. The molecule has 2 fully saturated rings. The average molecular weight is 388 g/mol. The average Bonchev–Trinajstić information content (AvgIpc) is 2.46. The van der Waals surface area contributed by atoms with E-state index in [9.17, 15) is 26.8 Å². The first-order chi connectivity index (χ1) is 12.1. The maximum absolute atomic E-state index is 14.5. The fourth-order valence-electron chi connectivity index (χ4n) is 3.16. The van der Waals surface area contributed by atoms with Crippen LogP contribution in [0.1, 0.15) is 24.3 Å². The Morgan fingerprint density at radius 3 is 2.38 bits per heavy atom. The third kappa shape index (κ3) is 4.01. The van der Waals surface area contributed by atoms with E-state index in [4.69, 9.17) is 4.18 Å². The molecule has 0 bridgehead atoms. The number of piperidine rings is 1. The monoisotopic (exact) mass is 388 g/mol. The summed E-state index contributed by atoms with van der Waals surface area (Å²) in [5.74, 6) is -3.92. The zero-order chi connectivity index (χ0) is 19.1. The summed E-state index contributed by atoms with van der Waals surface area (Å²) in [4.78, 5) is 24.7. The van der Waals surface area contributed by atoms with E-state index in [2.05, 4.69) is 5.32 Å². The fourth-order valence-corrected chi connectivity index (χ4v) is 3.60. The molecule has 1 atom stereocenters. The van der Waals surface area contributed by atoms with Crippen molar-refractivity contribution in [1.82, 2.24) is 5.32 Å². The third-order valence-electron chi connectivity index (χ3n) is 4.49.